The number of anilines is 3. The standard InChI is InChI=1S/C25H34ClN5O2/c1-4-29-12-14-31(15-13-29)22-10-8-21(9-11-22)27-24(32)17-30(5-2)18-25(33)28-23-16-20(26)7-6-19(23)3/h6-11,16H,4-5,12-15,17-18H2,1-3H3,(H,27,32)(H,28,33). The van der Waals surface area contributed by atoms with Crippen LogP contribution < -0.4 is 15.5 Å². The Kier molecular flexibility index (Phi) is 9.11. The molecule has 1 aliphatic heterocycles. The predicted octanol–water partition coefficient (Wildman–Crippen LogP) is 3.69. The zero-order chi connectivity index (χ0) is 23.8. The molecule has 1 saturated heterocycles. The number of carbonyl (C=O) groups excluding carboxylic acids is 2. The Morgan fingerprint density at radius 2 is 1.58 bits per heavy atom. The number of likely N-dealkylation sites (N-methyl/N-ethyl adjacent to an activating group) is 2. The van der Waals surface area contributed by atoms with E-state index in [0.717, 1.165) is 44.0 Å². The lowest BCUT2D eigenvalue weighted by atomic mass is 10.2. The van der Waals surface area contributed by atoms with Crippen molar-refractivity contribution in [3.63, 3.8) is 0 Å². The van der Waals surface area contributed by atoms with Gasteiger partial charge in [0.15, 0.2) is 0 Å². The van der Waals surface area contributed by atoms with Crippen LogP contribution in [0.1, 0.15) is 19.4 Å². The number of aryl methyl sites for hydroxylation is 1. The average Bonchev–Trinajstić information content (AvgIpc) is 2.81. The molecule has 7 nitrogen and oxygen atoms in total. The first-order valence-corrected chi connectivity index (χ1v) is 11.9. The summed E-state index contributed by atoms with van der Waals surface area (Å²) in [5.41, 5.74) is 3.55. The number of piperazine rings is 1. The lowest BCUT2D eigenvalue weighted by Crippen LogP contribution is -2.46. The molecule has 33 heavy (non-hydrogen) atoms. The van der Waals surface area contributed by atoms with Crippen molar-refractivity contribution in [1.29, 1.82) is 0 Å². The highest BCUT2D eigenvalue weighted by Crippen LogP contribution is 2.21. The molecule has 2 aromatic carbocycles. The largest absolute Gasteiger partial charge is 0.369 e. The smallest absolute Gasteiger partial charge is 0.238 e. The first-order chi connectivity index (χ1) is 15.9. The molecular formula is C25H34ClN5O2. The Morgan fingerprint density at radius 1 is 0.939 bits per heavy atom. The molecule has 178 valence electrons. The fourth-order valence-electron chi connectivity index (χ4n) is 3.88. The SMILES string of the molecule is CCN1CCN(c2ccc(NC(=O)CN(CC)CC(=O)Nc3cc(Cl)ccc3C)cc2)CC1. The molecule has 1 aliphatic rings. The third-order valence-corrected chi connectivity index (χ3v) is 6.23. The molecule has 0 unspecified atom stereocenters. The number of halogens is 1. The first kappa shape index (κ1) is 25.0. The van der Waals surface area contributed by atoms with E-state index in [4.69, 9.17) is 11.6 Å². The van der Waals surface area contributed by atoms with Gasteiger partial charge in [-0.1, -0.05) is 31.5 Å². The summed E-state index contributed by atoms with van der Waals surface area (Å²) in [5, 5.41) is 6.38. The Morgan fingerprint density at radius 3 is 2.18 bits per heavy atom. The predicted molar refractivity (Wildman–Crippen MR) is 136 cm³/mol. The van der Waals surface area contributed by atoms with Crippen LogP contribution in [-0.4, -0.2) is 74.0 Å². The second-order valence-corrected chi connectivity index (χ2v) is 8.76. The van der Waals surface area contributed by atoms with Crippen molar-refractivity contribution in [2.75, 3.05) is 67.9 Å². The Hall–Kier alpha value is -2.61. The molecule has 1 heterocycles. The van der Waals surface area contributed by atoms with Crippen molar-refractivity contribution < 1.29 is 9.59 Å². The molecule has 0 spiro atoms. The van der Waals surface area contributed by atoms with Crippen molar-refractivity contribution in [1.82, 2.24) is 9.80 Å². The van der Waals surface area contributed by atoms with Crippen molar-refractivity contribution >= 4 is 40.5 Å². The molecule has 0 bridgehead atoms. The minimum Gasteiger partial charge on any atom is -0.369 e. The number of carbonyl (C=O) groups is 2. The molecule has 1 fully saturated rings. The first-order valence-electron chi connectivity index (χ1n) is 11.5. The molecule has 2 aromatic rings. The molecule has 8 heteroatoms. The molecule has 0 atom stereocenters. The maximum absolute atomic E-state index is 12.6. The van der Waals surface area contributed by atoms with Crippen LogP contribution in [0.4, 0.5) is 17.1 Å². The van der Waals surface area contributed by atoms with Gasteiger partial charge < -0.3 is 20.4 Å². The van der Waals surface area contributed by atoms with E-state index in [9.17, 15) is 9.59 Å². The van der Waals surface area contributed by atoms with E-state index in [1.165, 1.54) is 5.69 Å². The highest BCUT2D eigenvalue weighted by Gasteiger charge is 2.17. The van der Waals surface area contributed by atoms with Crippen molar-refractivity contribution in [3.8, 4) is 0 Å². The average molecular weight is 472 g/mol. The maximum Gasteiger partial charge on any atom is 0.238 e. The third-order valence-electron chi connectivity index (χ3n) is 5.99. The number of nitrogens with one attached hydrogen (secondary N) is 2. The molecule has 2 N–H and O–H groups in total. The minimum atomic E-state index is -0.178. The van der Waals surface area contributed by atoms with Crippen molar-refractivity contribution in [3.05, 3.63) is 53.1 Å². The fourth-order valence-corrected chi connectivity index (χ4v) is 4.05. The molecule has 0 radical (unpaired) electrons. The Labute approximate surface area is 201 Å². The highest BCUT2D eigenvalue weighted by atomic mass is 35.5. The van der Waals surface area contributed by atoms with Crippen LogP contribution in [-0.2, 0) is 9.59 Å². The number of rotatable bonds is 9. The second kappa shape index (κ2) is 12.0. The van der Waals surface area contributed by atoms with Gasteiger partial charge in [-0.15, -0.1) is 0 Å². The minimum absolute atomic E-state index is 0.124. The Balaban J connectivity index is 1.48. The normalized spacial score (nSPS) is 14.4. The number of amides is 2. The molecule has 0 aliphatic carbocycles. The lowest BCUT2D eigenvalue weighted by Gasteiger charge is -2.35. The van der Waals surface area contributed by atoms with Crippen molar-refractivity contribution in [2.24, 2.45) is 0 Å². The summed E-state index contributed by atoms with van der Waals surface area (Å²) in [7, 11) is 0. The van der Waals surface area contributed by atoms with Gasteiger partial charge in [0.05, 0.1) is 13.1 Å². The van der Waals surface area contributed by atoms with E-state index in [2.05, 4.69) is 39.5 Å². The van der Waals surface area contributed by atoms with Crippen LogP contribution in [0.5, 0.6) is 0 Å². The summed E-state index contributed by atoms with van der Waals surface area (Å²) in [6, 6.07) is 13.3. The van der Waals surface area contributed by atoms with E-state index in [-0.39, 0.29) is 24.9 Å². The Bertz CT molecular complexity index is 942. The summed E-state index contributed by atoms with van der Waals surface area (Å²) in [6.07, 6.45) is 0. The summed E-state index contributed by atoms with van der Waals surface area (Å²) >= 11 is 6.03. The van der Waals surface area contributed by atoms with Gasteiger partial charge in [0.25, 0.3) is 0 Å². The molecule has 3 rings (SSSR count). The van der Waals surface area contributed by atoms with Crippen LogP contribution in [0.25, 0.3) is 0 Å². The van der Waals surface area contributed by atoms with Gasteiger partial charge in [-0.25, -0.2) is 0 Å². The number of nitrogens with zero attached hydrogens (tertiary/aromatic N) is 3. The molecule has 0 saturated carbocycles. The number of benzene rings is 2. The molecular weight excluding hydrogens is 438 g/mol. The highest BCUT2D eigenvalue weighted by molar-refractivity contribution is 6.31. The van der Waals surface area contributed by atoms with E-state index in [1.54, 1.807) is 17.0 Å². The maximum atomic E-state index is 12.6. The van der Waals surface area contributed by atoms with Gasteiger partial charge in [0, 0.05) is 48.3 Å². The lowest BCUT2D eigenvalue weighted by molar-refractivity contribution is -0.119. The summed E-state index contributed by atoms with van der Waals surface area (Å²) in [6.45, 7) is 12.2. The van der Waals surface area contributed by atoms with Gasteiger partial charge in [0.2, 0.25) is 11.8 Å². The van der Waals surface area contributed by atoms with Gasteiger partial charge in [-0.2, -0.15) is 0 Å². The van der Waals surface area contributed by atoms with Crippen LogP contribution in [0.2, 0.25) is 5.02 Å². The number of hydrogen-bond acceptors (Lipinski definition) is 5. The van der Waals surface area contributed by atoms with Crippen LogP contribution in [0.3, 0.4) is 0 Å². The quantitative estimate of drug-likeness (QED) is 0.583. The van der Waals surface area contributed by atoms with E-state index in [0.29, 0.717) is 17.3 Å². The van der Waals surface area contributed by atoms with Gasteiger partial charge >= 0.3 is 0 Å². The summed E-state index contributed by atoms with van der Waals surface area (Å²) < 4.78 is 0. The van der Waals surface area contributed by atoms with E-state index < -0.39 is 0 Å². The van der Waals surface area contributed by atoms with Crippen molar-refractivity contribution in [2.45, 2.75) is 20.8 Å². The van der Waals surface area contributed by atoms with Gasteiger partial charge in [0.1, 0.15) is 0 Å². The van der Waals surface area contributed by atoms with Gasteiger partial charge in [-0.3, -0.25) is 14.5 Å². The summed E-state index contributed by atoms with van der Waals surface area (Å²) in [5.74, 6) is -0.324. The van der Waals surface area contributed by atoms with Gasteiger partial charge in [-0.05, 0) is 62.0 Å². The summed E-state index contributed by atoms with van der Waals surface area (Å²) in [4.78, 5) is 31.7. The fraction of sp³-hybridized carbons (Fsp3) is 0.440. The van der Waals surface area contributed by atoms with E-state index in [1.807, 2.05) is 32.0 Å². The van der Waals surface area contributed by atoms with E-state index >= 15 is 0 Å². The topological polar surface area (TPSA) is 67.9 Å². The monoisotopic (exact) mass is 471 g/mol. The zero-order valence-corrected chi connectivity index (χ0v) is 20.5. The molecule has 0 aromatic heterocycles. The molecule has 2 amide bonds. The number of hydrogen-bond donors (Lipinski definition) is 2. The van der Waals surface area contributed by atoms with Crippen LogP contribution >= 0.6 is 11.6 Å². The third kappa shape index (κ3) is 7.45. The second-order valence-electron chi connectivity index (χ2n) is 8.33. The van der Waals surface area contributed by atoms with Crippen LogP contribution in [0.15, 0.2) is 42.5 Å². The zero-order valence-electron chi connectivity index (χ0n) is 19.7. The van der Waals surface area contributed by atoms with Crippen LogP contribution in [0, 0.1) is 6.92 Å².